The van der Waals surface area contributed by atoms with Crippen LogP contribution >= 0.6 is 15.9 Å². The Labute approximate surface area is 115 Å². The minimum Gasteiger partial charge on any atom is -0.464 e. The van der Waals surface area contributed by atoms with E-state index in [0.29, 0.717) is 18.1 Å². The Morgan fingerprint density at radius 1 is 1.50 bits per heavy atom. The standard InChI is InChI=1S/C13H18BrNO3/c1-9(2)4-5-18-12(16)8-15-7-11(14)6-10(3)13(15)17/h6-7,9H,4-5,8H2,1-3H3. The number of aromatic nitrogens is 1. The molecule has 5 heteroatoms. The van der Waals surface area contributed by atoms with Crippen LogP contribution in [-0.4, -0.2) is 17.1 Å². The van der Waals surface area contributed by atoms with Gasteiger partial charge in [-0.1, -0.05) is 13.8 Å². The molecule has 0 N–H and O–H groups in total. The first-order chi connectivity index (χ1) is 8.40. The summed E-state index contributed by atoms with van der Waals surface area (Å²) in [5, 5.41) is 0. The van der Waals surface area contributed by atoms with E-state index in [2.05, 4.69) is 29.8 Å². The molecule has 0 aliphatic carbocycles. The fourth-order valence-electron chi connectivity index (χ4n) is 1.45. The van der Waals surface area contributed by atoms with Crippen LogP contribution in [0.25, 0.3) is 0 Å². The fourth-order valence-corrected chi connectivity index (χ4v) is 2.04. The second-order valence-corrected chi connectivity index (χ2v) is 5.59. The van der Waals surface area contributed by atoms with Gasteiger partial charge in [-0.05, 0) is 41.3 Å². The average Bonchev–Trinajstić information content (AvgIpc) is 2.24. The minimum atomic E-state index is -0.379. The quantitative estimate of drug-likeness (QED) is 0.784. The molecule has 0 atom stereocenters. The summed E-state index contributed by atoms with van der Waals surface area (Å²) in [5.41, 5.74) is 0.429. The Kier molecular flexibility index (Phi) is 5.59. The van der Waals surface area contributed by atoms with Gasteiger partial charge in [-0.25, -0.2) is 0 Å². The van der Waals surface area contributed by atoms with Gasteiger partial charge in [0.25, 0.3) is 5.56 Å². The van der Waals surface area contributed by atoms with Crippen LogP contribution in [0.3, 0.4) is 0 Å². The van der Waals surface area contributed by atoms with Crippen molar-refractivity contribution < 1.29 is 9.53 Å². The molecule has 0 radical (unpaired) electrons. The van der Waals surface area contributed by atoms with Crippen molar-refractivity contribution in [2.24, 2.45) is 5.92 Å². The van der Waals surface area contributed by atoms with Crippen molar-refractivity contribution in [2.75, 3.05) is 6.61 Å². The number of pyridine rings is 1. The molecule has 0 saturated heterocycles. The molecule has 0 aromatic carbocycles. The Balaban J connectivity index is 2.62. The number of carbonyl (C=O) groups excluding carboxylic acids is 1. The van der Waals surface area contributed by atoms with Crippen molar-refractivity contribution in [2.45, 2.75) is 33.7 Å². The molecule has 0 fully saturated rings. The number of ether oxygens (including phenoxy) is 1. The lowest BCUT2D eigenvalue weighted by Crippen LogP contribution is -2.26. The third-order valence-electron chi connectivity index (χ3n) is 2.49. The second kappa shape index (κ2) is 6.73. The third kappa shape index (κ3) is 4.64. The summed E-state index contributed by atoms with van der Waals surface area (Å²) < 4.78 is 7.21. The molecule has 1 rings (SSSR count). The second-order valence-electron chi connectivity index (χ2n) is 4.68. The smallest absolute Gasteiger partial charge is 0.326 e. The minimum absolute atomic E-state index is 0.0444. The lowest BCUT2D eigenvalue weighted by molar-refractivity contribution is -0.144. The molecular formula is C13H18BrNO3. The third-order valence-corrected chi connectivity index (χ3v) is 2.92. The SMILES string of the molecule is Cc1cc(Br)cn(CC(=O)OCCC(C)C)c1=O. The molecule has 1 heterocycles. The normalized spacial score (nSPS) is 10.7. The van der Waals surface area contributed by atoms with Gasteiger partial charge in [-0.3, -0.25) is 9.59 Å². The van der Waals surface area contributed by atoms with Crippen LogP contribution < -0.4 is 5.56 Å². The van der Waals surface area contributed by atoms with Crippen molar-refractivity contribution in [3.05, 3.63) is 32.7 Å². The van der Waals surface area contributed by atoms with E-state index in [1.165, 1.54) is 4.57 Å². The van der Waals surface area contributed by atoms with Gasteiger partial charge in [0.05, 0.1) is 6.61 Å². The van der Waals surface area contributed by atoms with Gasteiger partial charge in [-0.15, -0.1) is 0 Å². The maximum atomic E-state index is 11.8. The predicted octanol–water partition coefficient (Wildman–Crippen LogP) is 2.51. The van der Waals surface area contributed by atoms with E-state index < -0.39 is 0 Å². The molecule has 0 aliphatic rings. The molecule has 1 aromatic rings. The number of halogens is 1. The molecule has 0 spiro atoms. The van der Waals surface area contributed by atoms with Crippen LogP contribution in [0.4, 0.5) is 0 Å². The Bertz CT molecular complexity index is 480. The zero-order chi connectivity index (χ0) is 13.7. The van der Waals surface area contributed by atoms with E-state index in [1.807, 2.05) is 0 Å². The number of nitrogens with zero attached hydrogens (tertiary/aromatic N) is 1. The number of rotatable bonds is 5. The van der Waals surface area contributed by atoms with Crippen LogP contribution in [0.1, 0.15) is 25.8 Å². The Morgan fingerprint density at radius 3 is 2.78 bits per heavy atom. The van der Waals surface area contributed by atoms with E-state index in [1.54, 1.807) is 19.2 Å². The van der Waals surface area contributed by atoms with Gasteiger partial charge in [-0.2, -0.15) is 0 Å². The van der Waals surface area contributed by atoms with Crippen LogP contribution in [-0.2, 0) is 16.1 Å². The zero-order valence-electron chi connectivity index (χ0n) is 10.9. The lowest BCUT2D eigenvalue weighted by Gasteiger charge is -2.09. The van der Waals surface area contributed by atoms with Crippen molar-refractivity contribution in [1.82, 2.24) is 4.57 Å². The van der Waals surface area contributed by atoms with Crippen molar-refractivity contribution in [1.29, 1.82) is 0 Å². The van der Waals surface area contributed by atoms with Crippen LogP contribution in [0, 0.1) is 12.8 Å². The average molecular weight is 316 g/mol. The molecule has 100 valence electrons. The van der Waals surface area contributed by atoms with E-state index in [9.17, 15) is 9.59 Å². The van der Waals surface area contributed by atoms with E-state index in [0.717, 1.165) is 10.9 Å². The fraction of sp³-hybridized carbons (Fsp3) is 0.538. The summed E-state index contributed by atoms with van der Waals surface area (Å²) in [6.07, 6.45) is 2.43. The summed E-state index contributed by atoms with van der Waals surface area (Å²) in [5.74, 6) is 0.115. The number of esters is 1. The van der Waals surface area contributed by atoms with Crippen LogP contribution in [0.5, 0.6) is 0 Å². The molecule has 18 heavy (non-hydrogen) atoms. The highest BCUT2D eigenvalue weighted by Gasteiger charge is 2.08. The van der Waals surface area contributed by atoms with Gasteiger partial charge in [0, 0.05) is 16.2 Å². The van der Waals surface area contributed by atoms with Gasteiger partial charge in [0.2, 0.25) is 0 Å². The van der Waals surface area contributed by atoms with Gasteiger partial charge in [0.15, 0.2) is 0 Å². The van der Waals surface area contributed by atoms with E-state index in [-0.39, 0.29) is 18.1 Å². The van der Waals surface area contributed by atoms with Gasteiger partial charge >= 0.3 is 5.97 Å². The number of aryl methyl sites for hydroxylation is 1. The summed E-state index contributed by atoms with van der Waals surface area (Å²) >= 11 is 3.30. The Hall–Kier alpha value is -1.10. The predicted molar refractivity (Wildman–Crippen MR) is 73.6 cm³/mol. The first kappa shape index (κ1) is 15.0. The largest absolute Gasteiger partial charge is 0.464 e. The van der Waals surface area contributed by atoms with Crippen molar-refractivity contribution in [3.8, 4) is 0 Å². The molecule has 0 bridgehead atoms. The molecule has 4 nitrogen and oxygen atoms in total. The summed E-state index contributed by atoms with van der Waals surface area (Å²) in [4.78, 5) is 23.3. The molecule has 0 aliphatic heterocycles. The lowest BCUT2D eigenvalue weighted by atomic mass is 10.1. The highest BCUT2D eigenvalue weighted by atomic mass is 79.9. The molecule has 0 amide bonds. The molecule has 0 saturated carbocycles. The number of hydrogen-bond donors (Lipinski definition) is 0. The maximum absolute atomic E-state index is 11.8. The summed E-state index contributed by atoms with van der Waals surface area (Å²) in [7, 11) is 0. The van der Waals surface area contributed by atoms with Crippen molar-refractivity contribution >= 4 is 21.9 Å². The van der Waals surface area contributed by atoms with E-state index in [4.69, 9.17) is 4.74 Å². The summed E-state index contributed by atoms with van der Waals surface area (Å²) in [6.45, 7) is 6.20. The first-order valence-corrected chi connectivity index (χ1v) is 6.71. The molecule has 1 aromatic heterocycles. The zero-order valence-corrected chi connectivity index (χ0v) is 12.5. The first-order valence-electron chi connectivity index (χ1n) is 5.92. The highest BCUT2D eigenvalue weighted by molar-refractivity contribution is 9.10. The number of carbonyl (C=O) groups is 1. The Morgan fingerprint density at radius 2 is 2.17 bits per heavy atom. The summed E-state index contributed by atoms with van der Waals surface area (Å²) in [6, 6.07) is 1.73. The topological polar surface area (TPSA) is 48.3 Å². The van der Waals surface area contributed by atoms with Gasteiger partial charge < -0.3 is 9.30 Å². The number of hydrogen-bond acceptors (Lipinski definition) is 3. The highest BCUT2D eigenvalue weighted by Crippen LogP contribution is 2.08. The monoisotopic (exact) mass is 315 g/mol. The maximum Gasteiger partial charge on any atom is 0.326 e. The van der Waals surface area contributed by atoms with Crippen LogP contribution in [0.2, 0.25) is 0 Å². The molecule has 0 unspecified atom stereocenters. The van der Waals surface area contributed by atoms with Crippen LogP contribution in [0.15, 0.2) is 21.5 Å². The molecular weight excluding hydrogens is 298 g/mol. The van der Waals surface area contributed by atoms with E-state index >= 15 is 0 Å². The van der Waals surface area contributed by atoms with Gasteiger partial charge in [0.1, 0.15) is 6.54 Å². The van der Waals surface area contributed by atoms with Crippen molar-refractivity contribution in [3.63, 3.8) is 0 Å².